The number of anilines is 1. The molecule has 3 rings (SSSR count). The van der Waals surface area contributed by atoms with Crippen molar-refractivity contribution in [1.29, 1.82) is 0 Å². The molecule has 30 heavy (non-hydrogen) atoms. The molecule has 0 spiro atoms. The van der Waals surface area contributed by atoms with E-state index in [1.807, 2.05) is 24.3 Å². The van der Waals surface area contributed by atoms with Crippen LogP contribution in [0.3, 0.4) is 0 Å². The van der Waals surface area contributed by atoms with Crippen molar-refractivity contribution in [1.82, 2.24) is 9.62 Å². The lowest BCUT2D eigenvalue weighted by molar-refractivity contribution is -0.387. The van der Waals surface area contributed by atoms with Gasteiger partial charge in [-0.05, 0) is 43.3 Å². The predicted molar refractivity (Wildman–Crippen MR) is 115 cm³/mol. The summed E-state index contributed by atoms with van der Waals surface area (Å²) in [6.07, 6.45) is 0.627. The van der Waals surface area contributed by atoms with Crippen LogP contribution in [0, 0.1) is 10.1 Å². The molecule has 1 aliphatic rings. The molecule has 0 radical (unpaired) electrons. The standard InChI is InChI=1S/C20H26N4O5S/c1-29-18-9-7-17(8-10-18)23-15-13-22(14-16-23)12-4-11-21-30(27,28)20-6-3-2-5-19(20)24(25)26/h2-3,5-10,21H,4,11-16H2,1H3. The summed E-state index contributed by atoms with van der Waals surface area (Å²) in [6.45, 7) is 4.57. The molecule has 1 aliphatic heterocycles. The fourth-order valence-electron chi connectivity index (χ4n) is 3.44. The number of nitrogens with one attached hydrogen (secondary N) is 1. The minimum absolute atomic E-state index is 0.229. The highest BCUT2D eigenvalue weighted by Crippen LogP contribution is 2.23. The Bertz CT molecular complexity index is 957. The normalized spacial score (nSPS) is 15.2. The highest BCUT2D eigenvalue weighted by molar-refractivity contribution is 7.89. The largest absolute Gasteiger partial charge is 0.497 e. The molecule has 1 heterocycles. The van der Waals surface area contributed by atoms with Gasteiger partial charge in [-0.2, -0.15) is 0 Å². The number of nitro groups is 1. The number of nitro benzene ring substituents is 1. The van der Waals surface area contributed by atoms with Gasteiger partial charge in [-0.25, -0.2) is 13.1 Å². The van der Waals surface area contributed by atoms with Crippen LogP contribution in [-0.4, -0.2) is 64.6 Å². The zero-order chi connectivity index (χ0) is 21.6. The first-order valence-electron chi connectivity index (χ1n) is 9.75. The Balaban J connectivity index is 1.44. The van der Waals surface area contributed by atoms with Crippen molar-refractivity contribution < 1.29 is 18.1 Å². The van der Waals surface area contributed by atoms with Crippen LogP contribution in [0.4, 0.5) is 11.4 Å². The third-order valence-electron chi connectivity index (χ3n) is 5.10. The van der Waals surface area contributed by atoms with Crippen LogP contribution < -0.4 is 14.4 Å². The van der Waals surface area contributed by atoms with Crippen molar-refractivity contribution in [3.8, 4) is 5.75 Å². The predicted octanol–water partition coefficient (Wildman–Crippen LogP) is 2.09. The van der Waals surface area contributed by atoms with E-state index >= 15 is 0 Å². The summed E-state index contributed by atoms with van der Waals surface area (Å²) in [5.74, 6) is 0.834. The van der Waals surface area contributed by atoms with Gasteiger partial charge >= 0.3 is 0 Å². The average molecular weight is 435 g/mol. The van der Waals surface area contributed by atoms with Crippen LogP contribution >= 0.6 is 0 Å². The molecule has 2 aromatic carbocycles. The molecule has 2 aromatic rings. The second-order valence-electron chi connectivity index (χ2n) is 7.00. The smallest absolute Gasteiger partial charge is 0.289 e. The monoisotopic (exact) mass is 434 g/mol. The van der Waals surface area contributed by atoms with Crippen molar-refractivity contribution in [2.45, 2.75) is 11.3 Å². The van der Waals surface area contributed by atoms with Gasteiger partial charge in [0.25, 0.3) is 5.69 Å². The van der Waals surface area contributed by atoms with E-state index in [4.69, 9.17) is 4.74 Å². The number of benzene rings is 2. The maximum Gasteiger partial charge on any atom is 0.289 e. The number of sulfonamides is 1. The fraction of sp³-hybridized carbons (Fsp3) is 0.400. The fourth-order valence-corrected chi connectivity index (χ4v) is 4.69. The van der Waals surface area contributed by atoms with Crippen molar-refractivity contribution in [3.05, 3.63) is 58.6 Å². The first-order chi connectivity index (χ1) is 14.4. The molecule has 1 saturated heterocycles. The molecule has 9 nitrogen and oxygen atoms in total. The number of methoxy groups -OCH3 is 1. The van der Waals surface area contributed by atoms with Gasteiger partial charge in [0.15, 0.2) is 4.90 Å². The molecular formula is C20H26N4O5S. The van der Waals surface area contributed by atoms with Gasteiger partial charge in [0.1, 0.15) is 5.75 Å². The Morgan fingerprint density at radius 1 is 1.07 bits per heavy atom. The van der Waals surface area contributed by atoms with E-state index in [-0.39, 0.29) is 11.4 Å². The molecule has 0 aliphatic carbocycles. The zero-order valence-corrected chi connectivity index (χ0v) is 17.7. The van der Waals surface area contributed by atoms with Gasteiger partial charge in [0.2, 0.25) is 10.0 Å². The SMILES string of the molecule is COc1ccc(N2CCN(CCCNS(=O)(=O)c3ccccc3[N+](=O)[O-])CC2)cc1. The summed E-state index contributed by atoms with van der Waals surface area (Å²) in [5, 5.41) is 11.1. The summed E-state index contributed by atoms with van der Waals surface area (Å²) in [4.78, 5) is 14.7. The first kappa shape index (κ1) is 22.0. The van der Waals surface area contributed by atoms with Gasteiger partial charge in [0.05, 0.1) is 12.0 Å². The highest BCUT2D eigenvalue weighted by Gasteiger charge is 2.24. The maximum atomic E-state index is 12.4. The lowest BCUT2D eigenvalue weighted by Gasteiger charge is -2.36. The maximum absolute atomic E-state index is 12.4. The second kappa shape index (κ2) is 9.88. The number of para-hydroxylation sites is 1. The number of hydrogen-bond acceptors (Lipinski definition) is 7. The van der Waals surface area contributed by atoms with Crippen LogP contribution in [0.5, 0.6) is 5.75 Å². The minimum Gasteiger partial charge on any atom is -0.497 e. The Morgan fingerprint density at radius 3 is 2.37 bits per heavy atom. The summed E-state index contributed by atoms with van der Waals surface area (Å²) in [6, 6.07) is 13.4. The molecule has 0 aromatic heterocycles. The van der Waals surface area contributed by atoms with Gasteiger partial charge < -0.3 is 9.64 Å². The number of piperazine rings is 1. The van der Waals surface area contributed by atoms with E-state index < -0.39 is 20.6 Å². The van der Waals surface area contributed by atoms with Gasteiger partial charge in [-0.15, -0.1) is 0 Å². The summed E-state index contributed by atoms with van der Waals surface area (Å²) < 4.78 is 32.5. The van der Waals surface area contributed by atoms with E-state index in [2.05, 4.69) is 14.5 Å². The van der Waals surface area contributed by atoms with Crippen molar-refractivity contribution in [2.75, 3.05) is 51.3 Å². The number of nitrogens with zero attached hydrogens (tertiary/aromatic N) is 3. The van der Waals surface area contributed by atoms with E-state index in [1.165, 1.54) is 24.3 Å². The lowest BCUT2D eigenvalue weighted by atomic mass is 10.2. The molecule has 162 valence electrons. The van der Waals surface area contributed by atoms with E-state index in [1.54, 1.807) is 7.11 Å². The molecule has 0 atom stereocenters. The second-order valence-corrected chi connectivity index (χ2v) is 8.74. The molecular weight excluding hydrogens is 408 g/mol. The van der Waals surface area contributed by atoms with Gasteiger partial charge in [-0.3, -0.25) is 15.0 Å². The van der Waals surface area contributed by atoms with E-state index in [9.17, 15) is 18.5 Å². The van der Waals surface area contributed by atoms with Gasteiger partial charge in [0, 0.05) is 44.5 Å². The Morgan fingerprint density at radius 2 is 1.73 bits per heavy atom. The van der Waals surface area contributed by atoms with E-state index in [0.29, 0.717) is 6.42 Å². The third-order valence-corrected chi connectivity index (χ3v) is 6.61. The molecule has 1 N–H and O–H groups in total. The van der Waals surface area contributed by atoms with Crippen molar-refractivity contribution in [2.24, 2.45) is 0 Å². The summed E-state index contributed by atoms with van der Waals surface area (Å²) in [5.41, 5.74) is 0.743. The van der Waals surface area contributed by atoms with Crippen LogP contribution in [-0.2, 0) is 10.0 Å². The first-order valence-corrected chi connectivity index (χ1v) is 11.2. The van der Waals surface area contributed by atoms with Crippen LogP contribution in [0.25, 0.3) is 0 Å². The number of ether oxygens (including phenoxy) is 1. The molecule has 0 unspecified atom stereocenters. The molecule has 10 heteroatoms. The molecule has 1 fully saturated rings. The highest BCUT2D eigenvalue weighted by atomic mass is 32.2. The topological polar surface area (TPSA) is 105 Å². The number of rotatable bonds is 9. The summed E-state index contributed by atoms with van der Waals surface area (Å²) >= 11 is 0. The summed E-state index contributed by atoms with van der Waals surface area (Å²) in [7, 11) is -2.27. The molecule has 0 bridgehead atoms. The quantitative estimate of drug-likeness (QED) is 0.366. The Kier molecular flexibility index (Phi) is 7.24. The van der Waals surface area contributed by atoms with Gasteiger partial charge in [-0.1, -0.05) is 12.1 Å². The molecule has 0 saturated carbocycles. The molecule has 0 amide bonds. The van der Waals surface area contributed by atoms with Crippen LogP contribution in [0.15, 0.2) is 53.4 Å². The Labute approximate surface area is 176 Å². The average Bonchev–Trinajstić information content (AvgIpc) is 2.77. The van der Waals surface area contributed by atoms with E-state index in [0.717, 1.165) is 44.2 Å². The van der Waals surface area contributed by atoms with Crippen LogP contribution in [0.2, 0.25) is 0 Å². The number of hydrogen-bond donors (Lipinski definition) is 1. The van der Waals surface area contributed by atoms with Crippen molar-refractivity contribution >= 4 is 21.4 Å². The zero-order valence-electron chi connectivity index (χ0n) is 16.9. The third kappa shape index (κ3) is 5.47. The Hall–Kier alpha value is -2.69. The van der Waals surface area contributed by atoms with Crippen LogP contribution in [0.1, 0.15) is 6.42 Å². The minimum atomic E-state index is -3.92. The van der Waals surface area contributed by atoms with Crippen molar-refractivity contribution in [3.63, 3.8) is 0 Å². The lowest BCUT2D eigenvalue weighted by Crippen LogP contribution is -2.47.